The minimum atomic E-state index is -0.0918. The topological polar surface area (TPSA) is 52.9 Å². The molecule has 4 heteroatoms. The molecule has 2 aliphatic rings. The maximum atomic E-state index is 10.2. The van der Waals surface area contributed by atoms with Gasteiger partial charge in [-0.25, -0.2) is 0 Å². The molecule has 1 saturated heterocycles. The quantitative estimate of drug-likeness (QED) is 0.742. The molecule has 0 aromatic carbocycles. The third kappa shape index (κ3) is 5.03. The van der Waals surface area contributed by atoms with Gasteiger partial charge < -0.3 is 19.8 Å². The predicted octanol–water partition coefficient (Wildman–Crippen LogP) is 1.40. The number of ether oxygens (including phenoxy) is 1. The zero-order valence-corrected chi connectivity index (χ0v) is 12.0. The van der Waals surface area contributed by atoms with Gasteiger partial charge in [0, 0.05) is 19.6 Å². The molecule has 112 valence electrons. The zero-order valence-electron chi connectivity index (χ0n) is 12.0. The number of hydrogen-bond acceptors (Lipinski definition) is 4. The van der Waals surface area contributed by atoms with E-state index in [0.29, 0.717) is 18.6 Å². The number of nitrogens with zero attached hydrogens (tertiary/aromatic N) is 1. The molecule has 0 amide bonds. The normalized spacial score (nSPS) is 31.3. The lowest BCUT2D eigenvalue weighted by molar-refractivity contribution is -0.0153. The molecule has 2 N–H and O–H groups in total. The summed E-state index contributed by atoms with van der Waals surface area (Å²) in [5, 5.41) is 18.9. The number of aliphatic hydroxyl groups excluding tert-OH is 2. The van der Waals surface area contributed by atoms with Crippen LogP contribution in [0.5, 0.6) is 0 Å². The molecule has 2 rings (SSSR count). The van der Waals surface area contributed by atoms with Crippen LogP contribution >= 0.6 is 0 Å². The van der Waals surface area contributed by atoms with Gasteiger partial charge in [0.05, 0.1) is 25.4 Å². The molecule has 1 aliphatic carbocycles. The van der Waals surface area contributed by atoms with Crippen molar-refractivity contribution in [3.63, 3.8) is 0 Å². The predicted molar refractivity (Wildman–Crippen MR) is 75.1 cm³/mol. The van der Waals surface area contributed by atoms with Crippen molar-refractivity contribution in [1.29, 1.82) is 0 Å². The molecule has 0 aromatic heterocycles. The molecule has 4 nitrogen and oxygen atoms in total. The maximum Gasteiger partial charge on any atom is 0.0701 e. The first-order chi connectivity index (χ1) is 9.29. The van der Waals surface area contributed by atoms with Crippen LogP contribution in [0.4, 0.5) is 0 Å². The highest BCUT2D eigenvalue weighted by atomic mass is 16.5. The summed E-state index contributed by atoms with van der Waals surface area (Å²) in [7, 11) is 0. The Hall–Kier alpha value is -0.160. The third-order valence-electron chi connectivity index (χ3n) is 4.59. The summed E-state index contributed by atoms with van der Waals surface area (Å²) in [6.07, 6.45) is 8.26. The molecule has 19 heavy (non-hydrogen) atoms. The van der Waals surface area contributed by atoms with E-state index in [2.05, 4.69) is 4.90 Å². The number of likely N-dealkylation sites (tertiary alicyclic amines) is 1. The van der Waals surface area contributed by atoms with Gasteiger partial charge in [-0.2, -0.15) is 0 Å². The lowest BCUT2D eigenvalue weighted by atomic mass is 9.95. The van der Waals surface area contributed by atoms with Gasteiger partial charge in [0.15, 0.2) is 0 Å². The highest BCUT2D eigenvalue weighted by molar-refractivity contribution is 4.79. The second-order valence-electron chi connectivity index (χ2n) is 6.06. The summed E-state index contributed by atoms with van der Waals surface area (Å²) in [5.41, 5.74) is 0. The van der Waals surface area contributed by atoms with Crippen LogP contribution in [-0.4, -0.2) is 60.2 Å². The van der Waals surface area contributed by atoms with E-state index in [1.54, 1.807) is 0 Å². The molecule has 1 aliphatic heterocycles. The second-order valence-corrected chi connectivity index (χ2v) is 6.06. The minimum absolute atomic E-state index is 0.0918. The van der Waals surface area contributed by atoms with Gasteiger partial charge in [-0.1, -0.05) is 19.3 Å². The Balaban J connectivity index is 1.69. The number of rotatable bonds is 5. The van der Waals surface area contributed by atoms with Crippen molar-refractivity contribution < 1.29 is 14.9 Å². The average molecular weight is 271 g/mol. The average Bonchev–Trinajstić information content (AvgIpc) is 2.63. The van der Waals surface area contributed by atoms with Gasteiger partial charge in [0.2, 0.25) is 0 Å². The molecule has 2 atom stereocenters. The first-order valence-electron chi connectivity index (χ1n) is 7.92. The molecular formula is C15H29NO3. The Kier molecular flexibility index (Phi) is 6.57. The first-order valence-corrected chi connectivity index (χ1v) is 7.92. The van der Waals surface area contributed by atoms with Crippen molar-refractivity contribution in [2.75, 3.05) is 32.8 Å². The summed E-state index contributed by atoms with van der Waals surface area (Å²) in [5.74, 6) is 0.470. The van der Waals surface area contributed by atoms with Crippen LogP contribution in [0, 0.1) is 5.92 Å². The highest BCUT2D eigenvalue weighted by Gasteiger charge is 2.26. The van der Waals surface area contributed by atoms with E-state index >= 15 is 0 Å². The van der Waals surface area contributed by atoms with Gasteiger partial charge in [0.25, 0.3) is 0 Å². The molecule has 0 aromatic rings. The standard InChI is InChI=1S/C15H29NO3/c17-10-11-19-14-6-8-16(9-7-14)12-13-4-2-1-3-5-15(13)18/h13-15,17-18H,1-12H2. The van der Waals surface area contributed by atoms with Crippen LogP contribution in [0.15, 0.2) is 0 Å². The lowest BCUT2D eigenvalue weighted by Crippen LogP contribution is -2.42. The summed E-state index contributed by atoms with van der Waals surface area (Å²) >= 11 is 0. The smallest absolute Gasteiger partial charge is 0.0701 e. The largest absolute Gasteiger partial charge is 0.394 e. The fourth-order valence-electron chi connectivity index (χ4n) is 3.39. The van der Waals surface area contributed by atoms with Crippen molar-refractivity contribution in [3.05, 3.63) is 0 Å². The Morgan fingerprint density at radius 3 is 2.47 bits per heavy atom. The van der Waals surface area contributed by atoms with Gasteiger partial charge in [-0.3, -0.25) is 0 Å². The van der Waals surface area contributed by atoms with E-state index in [-0.39, 0.29) is 12.7 Å². The van der Waals surface area contributed by atoms with Crippen molar-refractivity contribution in [2.45, 2.75) is 57.2 Å². The summed E-state index contributed by atoms with van der Waals surface area (Å²) in [6, 6.07) is 0. The van der Waals surface area contributed by atoms with Gasteiger partial charge >= 0.3 is 0 Å². The SMILES string of the molecule is OCCOC1CCN(CC2CCCCCC2O)CC1. The fourth-order valence-corrected chi connectivity index (χ4v) is 3.39. The van der Waals surface area contributed by atoms with Crippen LogP contribution in [0.3, 0.4) is 0 Å². The fraction of sp³-hybridized carbons (Fsp3) is 1.00. The van der Waals surface area contributed by atoms with Crippen molar-refractivity contribution >= 4 is 0 Å². The Morgan fingerprint density at radius 2 is 1.74 bits per heavy atom. The minimum Gasteiger partial charge on any atom is -0.394 e. The summed E-state index contributed by atoms with van der Waals surface area (Å²) < 4.78 is 5.59. The Labute approximate surface area is 116 Å². The van der Waals surface area contributed by atoms with E-state index in [9.17, 15) is 5.11 Å². The molecule has 0 spiro atoms. The first kappa shape index (κ1) is 15.2. The van der Waals surface area contributed by atoms with Crippen LogP contribution < -0.4 is 0 Å². The molecule has 1 heterocycles. The van der Waals surface area contributed by atoms with E-state index in [4.69, 9.17) is 9.84 Å². The monoisotopic (exact) mass is 271 g/mol. The molecule has 2 unspecified atom stereocenters. The zero-order chi connectivity index (χ0) is 13.5. The third-order valence-corrected chi connectivity index (χ3v) is 4.59. The van der Waals surface area contributed by atoms with Crippen LogP contribution in [-0.2, 0) is 4.74 Å². The molecule has 0 bridgehead atoms. The lowest BCUT2D eigenvalue weighted by Gasteiger charge is -2.35. The van der Waals surface area contributed by atoms with Crippen molar-refractivity contribution in [1.82, 2.24) is 4.90 Å². The molecule has 0 radical (unpaired) electrons. The van der Waals surface area contributed by atoms with E-state index < -0.39 is 0 Å². The van der Waals surface area contributed by atoms with E-state index in [1.165, 1.54) is 25.7 Å². The summed E-state index contributed by atoms with van der Waals surface area (Å²) in [6.45, 7) is 3.77. The molecule has 1 saturated carbocycles. The van der Waals surface area contributed by atoms with Crippen molar-refractivity contribution in [3.8, 4) is 0 Å². The van der Waals surface area contributed by atoms with E-state index in [1.807, 2.05) is 0 Å². The number of aliphatic hydroxyl groups is 2. The Bertz CT molecular complexity index is 242. The molecule has 2 fully saturated rings. The highest BCUT2D eigenvalue weighted by Crippen LogP contribution is 2.25. The number of hydrogen-bond donors (Lipinski definition) is 2. The van der Waals surface area contributed by atoms with Gasteiger partial charge in [0.1, 0.15) is 0 Å². The van der Waals surface area contributed by atoms with Crippen LogP contribution in [0.25, 0.3) is 0 Å². The van der Waals surface area contributed by atoms with Crippen molar-refractivity contribution in [2.24, 2.45) is 5.92 Å². The van der Waals surface area contributed by atoms with Crippen LogP contribution in [0.2, 0.25) is 0 Å². The maximum absolute atomic E-state index is 10.2. The van der Waals surface area contributed by atoms with Gasteiger partial charge in [-0.15, -0.1) is 0 Å². The van der Waals surface area contributed by atoms with E-state index in [0.717, 1.165) is 38.9 Å². The second kappa shape index (κ2) is 8.20. The number of piperidine rings is 1. The van der Waals surface area contributed by atoms with Crippen LogP contribution in [0.1, 0.15) is 44.9 Å². The summed E-state index contributed by atoms with van der Waals surface area (Å²) in [4.78, 5) is 2.48. The van der Waals surface area contributed by atoms with Gasteiger partial charge in [-0.05, 0) is 31.6 Å². The Morgan fingerprint density at radius 1 is 1.00 bits per heavy atom. The molecular weight excluding hydrogens is 242 g/mol.